The van der Waals surface area contributed by atoms with Crippen LogP contribution >= 0.6 is 7.82 Å². The number of ether oxygens (including phenoxy) is 2. The summed E-state index contributed by atoms with van der Waals surface area (Å²) in [5, 5.41) is 12.9. The number of hydrogen-bond donors (Lipinski definition) is 1. The van der Waals surface area contributed by atoms with Gasteiger partial charge < -0.3 is 14.4 Å². The molecule has 1 heterocycles. The molecule has 2 atom stereocenters. The number of hydrogen-bond acceptors (Lipinski definition) is 9. The lowest BCUT2D eigenvalue weighted by atomic mass is 10.0. The first-order chi connectivity index (χ1) is 22.2. The number of phosphoric ester groups is 1. The largest absolute Gasteiger partial charge is 0.502 e. The molecular weight excluding hydrogens is 611 g/mol. The van der Waals surface area contributed by atoms with Crippen molar-refractivity contribution in [1.82, 2.24) is 0 Å². The van der Waals surface area contributed by atoms with Gasteiger partial charge in [-0.05, 0) is 46.7 Å². The molecule has 0 radical (unpaired) electrons. The molecular formula is C35H71O10P. The van der Waals surface area contributed by atoms with Crippen LogP contribution in [-0.4, -0.2) is 30.2 Å². The molecule has 0 aromatic heterocycles. The summed E-state index contributed by atoms with van der Waals surface area (Å²) < 4.78 is 33.5. The fourth-order valence-corrected chi connectivity index (χ4v) is 6.38. The fraction of sp³-hybridized carbons (Fsp3) is 1.00. The topological polar surface area (TPSA) is 111 Å². The zero-order valence-corrected chi connectivity index (χ0v) is 31.1. The van der Waals surface area contributed by atoms with Gasteiger partial charge in [0.25, 0.3) is 0 Å². The molecule has 0 aromatic carbocycles. The predicted octanol–water partition coefficient (Wildman–Crippen LogP) is 11.6. The van der Waals surface area contributed by atoms with Crippen molar-refractivity contribution in [2.75, 3.05) is 13.2 Å². The van der Waals surface area contributed by atoms with E-state index in [0.717, 1.165) is 50.4 Å². The molecule has 0 aromatic rings. The fourth-order valence-electron chi connectivity index (χ4n) is 5.72. The van der Waals surface area contributed by atoms with Crippen LogP contribution in [0.25, 0.3) is 0 Å². The molecule has 0 spiro atoms. The van der Waals surface area contributed by atoms with Crippen molar-refractivity contribution in [3.8, 4) is 0 Å². The first-order valence-corrected chi connectivity index (χ1v) is 20.3. The van der Waals surface area contributed by atoms with Gasteiger partial charge in [0, 0.05) is 0 Å². The van der Waals surface area contributed by atoms with Gasteiger partial charge in [-0.3, -0.25) is 4.52 Å². The van der Waals surface area contributed by atoms with Crippen molar-refractivity contribution in [2.24, 2.45) is 11.8 Å². The maximum Gasteiger partial charge on any atom is 0.502 e. The minimum atomic E-state index is -4.64. The molecule has 10 nitrogen and oxygen atoms in total. The average molecular weight is 683 g/mol. The molecule has 1 N–H and O–H groups in total. The van der Waals surface area contributed by atoms with Crippen LogP contribution in [0.1, 0.15) is 189 Å². The van der Waals surface area contributed by atoms with Crippen LogP contribution in [0.3, 0.4) is 0 Å². The Morgan fingerprint density at radius 3 is 1.28 bits per heavy atom. The van der Waals surface area contributed by atoms with E-state index in [1.807, 2.05) is 0 Å². The van der Waals surface area contributed by atoms with E-state index >= 15 is 0 Å². The standard InChI is InChI=1S/C35H71O10P/c1-32(2)28-24-20-16-12-8-6-10-14-18-22-26-30-38-35(34(5)40-46(36,37)45-44-43-42-41-35)39-31-27-23-19-15-11-7-9-13-17-21-25-29-33(3)4/h32-34H,6-31H2,1-5H3,(H,36,37). The van der Waals surface area contributed by atoms with Crippen molar-refractivity contribution < 1.29 is 48.1 Å². The molecule has 0 amide bonds. The molecule has 46 heavy (non-hydrogen) atoms. The summed E-state index contributed by atoms with van der Waals surface area (Å²) in [7, 11) is -4.64. The van der Waals surface area contributed by atoms with E-state index in [1.54, 1.807) is 0 Å². The Hall–Kier alpha value is -0.130. The van der Waals surface area contributed by atoms with Gasteiger partial charge in [0.05, 0.1) is 13.2 Å². The summed E-state index contributed by atoms with van der Waals surface area (Å²) in [4.78, 5) is 15.2. The Labute approximate surface area is 281 Å². The molecule has 1 saturated heterocycles. The molecule has 1 aliphatic heterocycles. The van der Waals surface area contributed by atoms with Gasteiger partial charge in [0.2, 0.25) is 0 Å². The number of phosphoric acid groups is 1. The molecule has 1 rings (SSSR count). The zero-order valence-electron chi connectivity index (χ0n) is 30.2. The van der Waals surface area contributed by atoms with Crippen molar-refractivity contribution in [3.63, 3.8) is 0 Å². The summed E-state index contributed by atoms with van der Waals surface area (Å²) in [5.74, 6) is -0.295. The number of unbranched alkanes of at least 4 members (excludes halogenated alkanes) is 20. The highest BCUT2D eigenvalue weighted by atomic mass is 31.2. The van der Waals surface area contributed by atoms with Crippen molar-refractivity contribution in [3.05, 3.63) is 0 Å². The Morgan fingerprint density at radius 2 is 0.913 bits per heavy atom. The minimum absolute atomic E-state index is 0.280. The highest BCUT2D eigenvalue weighted by Crippen LogP contribution is 2.48. The molecule has 0 aliphatic carbocycles. The molecule has 11 heteroatoms. The van der Waals surface area contributed by atoms with Crippen LogP contribution in [0.5, 0.6) is 0 Å². The highest BCUT2D eigenvalue weighted by Gasteiger charge is 2.48. The summed E-state index contributed by atoms with van der Waals surface area (Å²) in [6.45, 7) is 11.2. The monoisotopic (exact) mass is 682 g/mol. The van der Waals surface area contributed by atoms with Gasteiger partial charge in [0.1, 0.15) is 0 Å². The van der Waals surface area contributed by atoms with E-state index < -0.39 is 19.9 Å². The summed E-state index contributed by atoms with van der Waals surface area (Å²) in [6.07, 6.45) is 28.2. The second-order valence-electron chi connectivity index (χ2n) is 14.0. The normalized spacial score (nSPS) is 20.7. The van der Waals surface area contributed by atoms with E-state index in [0.29, 0.717) is 0 Å². The minimum Gasteiger partial charge on any atom is -0.323 e. The summed E-state index contributed by atoms with van der Waals surface area (Å²) >= 11 is 0. The second-order valence-corrected chi connectivity index (χ2v) is 15.3. The van der Waals surface area contributed by atoms with Crippen LogP contribution in [0.4, 0.5) is 0 Å². The van der Waals surface area contributed by atoms with Crippen molar-refractivity contribution >= 4 is 7.82 Å². The zero-order chi connectivity index (χ0) is 33.8. The van der Waals surface area contributed by atoms with Crippen molar-refractivity contribution in [2.45, 2.75) is 201 Å². The summed E-state index contributed by atoms with van der Waals surface area (Å²) in [6, 6.07) is 0. The first-order valence-electron chi connectivity index (χ1n) is 18.8. The smallest absolute Gasteiger partial charge is 0.323 e. The van der Waals surface area contributed by atoms with Gasteiger partial charge in [-0.15, -0.1) is 4.89 Å². The first kappa shape index (κ1) is 43.9. The van der Waals surface area contributed by atoms with Gasteiger partial charge in [-0.2, -0.15) is 0 Å². The highest BCUT2D eigenvalue weighted by molar-refractivity contribution is 7.47. The van der Waals surface area contributed by atoms with Gasteiger partial charge in [-0.25, -0.2) is 4.57 Å². The predicted molar refractivity (Wildman–Crippen MR) is 181 cm³/mol. The maximum absolute atomic E-state index is 12.2. The van der Waals surface area contributed by atoms with E-state index in [4.69, 9.17) is 18.9 Å². The maximum atomic E-state index is 12.2. The lowest BCUT2D eigenvalue weighted by Gasteiger charge is -2.34. The third-order valence-corrected chi connectivity index (χ3v) is 9.41. The molecule has 2 unspecified atom stereocenters. The van der Waals surface area contributed by atoms with Crippen LogP contribution in [0.2, 0.25) is 0 Å². The quantitative estimate of drug-likeness (QED) is 0.0340. The second kappa shape index (κ2) is 28.7. The average Bonchev–Trinajstić information content (AvgIpc) is 3.04. The van der Waals surface area contributed by atoms with Crippen LogP contribution in [0, 0.1) is 11.8 Å². The van der Waals surface area contributed by atoms with E-state index in [-0.39, 0.29) is 13.2 Å². The van der Waals surface area contributed by atoms with Gasteiger partial charge in [-0.1, -0.05) is 174 Å². The van der Waals surface area contributed by atoms with Crippen LogP contribution in [-0.2, 0) is 43.2 Å². The van der Waals surface area contributed by atoms with E-state index in [2.05, 4.69) is 47.5 Å². The third-order valence-electron chi connectivity index (χ3n) is 8.58. The Bertz CT molecular complexity index is 687. The molecule has 1 aliphatic rings. The third kappa shape index (κ3) is 24.9. The molecule has 276 valence electrons. The lowest BCUT2D eigenvalue weighted by Crippen LogP contribution is -2.49. The van der Waals surface area contributed by atoms with Gasteiger partial charge in [0.15, 0.2) is 6.10 Å². The Balaban J connectivity index is 2.28. The summed E-state index contributed by atoms with van der Waals surface area (Å²) in [5.41, 5.74) is 0. The van der Waals surface area contributed by atoms with Crippen molar-refractivity contribution in [1.29, 1.82) is 0 Å². The van der Waals surface area contributed by atoms with Crippen LogP contribution in [0.15, 0.2) is 0 Å². The van der Waals surface area contributed by atoms with E-state index in [9.17, 15) is 9.46 Å². The number of rotatable bonds is 30. The lowest BCUT2D eigenvalue weighted by molar-refractivity contribution is -0.726. The van der Waals surface area contributed by atoms with Gasteiger partial charge >= 0.3 is 13.8 Å². The SMILES string of the molecule is CC(C)CCCCCCCCCCCCCOC1(OCCCCCCCCCCCCCC(C)C)OOOOOP(=O)(O)OC1C. The Kier molecular flexibility index (Phi) is 27.4. The molecule has 0 saturated carbocycles. The molecule has 0 bridgehead atoms. The van der Waals surface area contributed by atoms with Crippen LogP contribution < -0.4 is 0 Å². The van der Waals surface area contributed by atoms with E-state index in [1.165, 1.54) is 122 Å². The Morgan fingerprint density at radius 1 is 0.565 bits per heavy atom. The molecule has 1 fully saturated rings.